The fraction of sp³-hybridized carbons (Fsp3) is 0.333. The van der Waals surface area contributed by atoms with E-state index >= 15 is 0 Å². The molecular weight excluding hydrogens is 204 g/mol. The van der Waals surface area contributed by atoms with E-state index in [1.807, 2.05) is 0 Å². The highest BCUT2D eigenvalue weighted by molar-refractivity contribution is 6.33. The fourth-order valence-electron chi connectivity index (χ4n) is 1.04. The molecule has 1 aromatic heterocycles. The Hall–Kier alpha value is -1.13. The van der Waals surface area contributed by atoms with Gasteiger partial charge < -0.3 is 10.5 Å². The number of Topliss-reactive ketones (excluding diaryl/α,β-unsaturated/α-hetero) is 1. The van der Waals surface area contributed by atoms with E-state index in [1.165, 1.54) is 13.3 Å². The maximum Gasteiger partial charge on any atom is 0.186 e. The topological polar surface area (TPSA) is 65.2 Å². The molecule has 0 aliphatic rings. The normalized spacial score (nSPS) is 12.3. The van der Waals surface area contributed by atoms with Gasteiger partial charge in [0.2, 0.25) is 0 Å². The minimum Gasteiger partial charge on any atom is -0.496 e. The zero-order chi connectivity index (χ0) is 10.7. The lowest BCUT2D eigenvalue weighted by Gasteiger charge is -2.10. The van der Waals surface area contributed by atoms with Crippen molar-refractivity contribution in [3.8, 4) is 5.75 Å². The van der Waals surface area contributed by atoms with Crippen LogP contribution in [0.25, 0.3) is 0 Å². The first-order chi connectivity index (χ1) is 6.57. The van der Waals surface area contributed by atoms with Crippen LogP contribution in [0.15, 0.2) is 12.3 Å². The number of nitrogens with two attached hydrogens (primary N) is 1. The highest BCUT2D eigenvalue weighted by Gasteiger charge is 2.20. The van der Waals surface area contributed by atoms with Gasteiger partial charge in [0.25, 0.3) is 0 Å². The maximum absolute atomic E-state index is 11.6. The van der Waals surface area contributed by atoms with Gasteiger partial charge in [0, 0.05) is 6.20 Å². The Morgan fingerprint density at radius 3 is 2.86 bits per heavy atom. The van der Waals surface area contributed by atoms with Gasteiger partial charge in [0.15, 0.2) is 5.78 Å². The monoisotopic (exact) mass is 214 g/mol. The molecule has 1 atom stereocenters. The van der Waals surface area contributed by atoms with Crippen LogP contribution in [0.1, 0.15) is 17.3 Å². The van der Waals surface area contributed by atoms with Gasteiger partial charge in [-0.2, -0.15) is 0 Å². The van der Waals surface area contributed by atoms with Gasteiger partial charge in [0.05, 0.1) is 18.7 Å². The van der Waals surface area contributed by atoms with Crippen LogP contribution in [0.2, 0.25) is 5.15 Å². The summed E-state index contributed by atoms with van der Waals surface area (Å²) in [7, 11) is 1.46. The fourth-order valence-corrected chi connectivity index (χ4v) is 1.28. The van der Waals surface area contributed by atoms with Gasteiger partial charge in [-0.3, -0.25) is 4.79 Å². The lowest BCUT2D eigenvalue weighted by Crippen LogP contribution is -2.27. The summed E-state index contributed by atoms with van der Waals surface area (Å²) in [6, 6.07) is 0.951. The molecule has 1 rings (SSSR count). The van der Waals surface area contributed by atoms with Crippen LogP contribution in [0.5, 0.6) is 5.75 Å². The highest BCUT2D eigenvalue weighted by atomic mass is 35.5. The third-order valence-corrected chi connectivity index (χ3v) is 2.03. The van der Waals surface area contributed by atoms with Crippen molar-refractivity contribution in [2.45, 2.75) is 13.0 Å². The Morgan fingerprint density at radius 1 is 1.71 bits per heavy atom. The molecule has 0 spiro atoms. The molecule has 76 valence electrons. The number of ether oxygens (including phenoxy) is 1. The molecule has 1 heterocycles. The highest BCUT2D eigenvalue weighted by Crippen LogP contribution is 2.24. The van der Waals surface area contributed by atoms with E-state index in [2.05, 4.69) is 4.98 Å². The van der Waals surface area contributed by atoms with E-state index in [0.717, 1.165) is 0 Å². The Morgan fingerprint density at radius 2 is 2.36 bits per heavy atom. The Labute approximate surface area is 87.0 Å². The molecular formula is C9H11ClN2O2. The summed E-state index contributed by atoms with van der Waals surface area (Å²) < 4.78 is 5.00. The van der Waals surface area contributed by atoms with Crippen molar-refractivity contribution >= 4 is 17.4 Å². The van der Waals surface area contributed by atoms with Crippen LogP contribution in [0.4, 0.5) is 0 Å². The number of carbonyl (C=O) groups excluding carboxylic acids is 1. The molecule has 0 aromatic carbocycles. The standard InChI is InChI=1S/C9H11ClN2O2/c1-5(11)8(13)7-6(14-2)3-4-12-9(7)10/h3-5H,11H2,1-2H3. The van der Waals surface area contributed by atoms with Gasteiger partial charge in [-0.25, -0.2) is 4.98 Å². The summed E-state index contributed by atoms with van der Waals surface area (Å²) in [5.41, 5.74) is 5.71. The second-order valence-corrected chi connectivity index (χ2v) is 3.19. The predicted octanol–water partition coefficient (Wildman–Crippen LogP) is 1.27. The predicted molar refractivity (Wildman–Crippen MR) is 53.8 cm³/mol. The van der Waals surface area contributed by atoms with Crippen molar-refractivity contribution in [3.63, 3.8) is 0 Å². The van der Waals surface area contributed by atoms with E-state index in [4.69, 9.17) is 22.1 Å². The number of rotatable bonds is 3. The van der Waals surface area contributed by atoms with E-state index in [1.54, 1.807) is 13.0 Å². The smallest absolute Gasteiger partial charge is 0.186 e. The number of hydrogen-bond donors (Lipinski definition) is 1. The molecule has 0 aliphatic carbocycles. The number of halogens is 1. The molecule has 0 radical (unpaired) electrons. The summed E-state index contributed by atoms with van der Waals surface area (Å²) in [5, 5.41) is 0.117. The summed E-state index contributed by atoms with van der Waals surface area (Å²) in [6.07, 6.45) is 1.47. The van der Waals surface area contributed by atoms with Crippen molar-refractivity contribution in [1.82, 2.24) is 4.98 Å². The van der Waals surface area contributed by atoms with E-state index in [0.29, 0.717) is 5.75 Å². The van der Waals surface area contributed by atoms with Crippen molar-refractivity contribution in [2.24, 2.45) is 5.73 Å². The number of nitrogens with zero attached hydrogens (tertiary/aromatic N) is 1. The van der Waals surface area contributed by atoms with Crippen LogP contribution < -0.4 is 10.5 Å². The Balaban J connectivity index is 3.23. The number of pyridine rings is 1. The second-order valence-electron chi connectivity index (χ2n) is 2.83. The minimum absolute atomic E-state index is 0.117. The molecule has 5 heteroatoms. The lowest BCUT2D eigenvalue weighted by atomic mass is 10.1. The van der Waals surface area contributed by atoms with Gasteiger partial charge in [0.1, 0.15) is 10.9 Å². The van der Waals surface area contributed by atoms with Gasteiger partial charge >= 0.3 is 0 Å². The van der Waals surface area contributed by atoms with Crippen molar-refractivity contribution in [2.75, 3.05) is 7.11 Å². The third-order valence-electron chi connectivity index (χ3n) is 1.75. The molecule has 2 N–H and O–H groups in total. The average molecular weight is 215 g/mol. The summed E-state index contributed by atoms with van der Waals surface area (Å²) in [4.78, 5) is 15.4. The lowest BCUT2D eigenvalue weighted by molar-refractivity contribution is 0.0964. The zero-order valence-corrected chi connectivity index (χ0v) is 8.71. The first kappa shape index (κ1) is 10.9. The number of methoxy groups -OCH3 is 1. The molecule has 0 amide bonds. The van der Waals surface area contributed by atoms with Crippen LogP contribution >= 0.6 is 11.6 Å². The Kier molecular flexibility index (Phi) is 3.43. The molecule has 4 nitrogen and oxygen atoms in total. The van der Waals surface area contributed by atoms with Crippen LogP contribution in [0, 0.1) is 0 Å². The average Bonchev–Trinajstić information content (AvgIpc) is 2.16. The SMILES string of the molecule is COc1ccnc(Cl)c1C(=O)C(C)N. The molecule has 0 bridgehead atoms. The maximum atomic E-state index is 11.6. The Bertz CT molecular complexity index is 353. The molecule has 14 heavy (non-hydrogen) atoms. The summed E-state index contributed by atoms with van der Waals surface area (Å²) in [5.74, 6) is 0.118. The molecule has 1 unspecified atom stereocenters. The van der Waals surface area contributed by atoms with Crippen molar-refractivity contribution < 1.29 is 9.53 Å². The van der Waals surface area contributed by atoms with Crippen LogP contribution in [-0.2, 0) is 0 Å². The van der Waals surface area contributed by atoms with E-state index < -0.39 is 6.04 Å². The molecule has 0 saturated heterocycles. The first-order valence-corrected chi connectivity index (χ1v) is 4.44. The van der Waals surface area contributed by atoms with Gasteiger partial charge in [-0.1, -0.05) is 11.6 Å². The summed E-state index contributed by atoms with van der Waals surface area (Å²) >= 11 is 5.78. The minimum atomic E-state index is -0.620. The van der Waals surface area contributed by atoms with Crippen molar-refractivity contribution in [3.05, 3.63) is 23.0 Å². The zero-order valence-electron chi connectivity index (χ0n) is 7.95. The van der Waals surface area contributed by atoms with E-state index in [9.17, 15) is 4.79 Å². The molecule has 0 aliphatic heterocycles. The largest absolute Gasteiger partial charge is 0.496 e. The van der Waals surface area contributed by atoms with Gasteiger partial charge in [-0.15, -0.1) is 0 Å². The molecule has 0 fully saturated rings. The summed E-state index contributed by atoms with van der Waals surface area (Å²) in [6.45, 7) is 1.59. The van der Waals surface area contributed by atoms with Gasteiger partial charge in [-0.05, 0) is 13.0 Å². The number of carbonyl (C=O) groups is 1. The van der Waals surface area contributed by atoms with Crippen LogP contribution in [-0.4, -0.2) is 23.9 Å². The number of aromatic nitrogens is 1. The third kappa shape index (κ3) is 2.02. The van der Waals surface area contributed by atoms with Crippen LogP contribution in [0.3, 0.4) is 0 Å². The molecule has 1 aromatic rings. The number of hydrogen-bond acceptors (Lipinski definition) is 4. The second kappa shape index (κ2) is 4.39. The van der Waals surface area contributed by atoms with E-state index in [-0.39, 0.29) is 16.5 Å². The first-order valence-electron chi connectivity index (χ1n) is 4.06. The van der Waals surface area contributed by atoms with Crippen molar-refractivity contribution in [1.29, 1.82) is 0 Å². The molecule has 0 saturated carbocycles. The number of ketones is 1. The quantitative estimate of drug-likeness (QED) is 0.608.